The lowest BCUT2D eigenvalue weighted by Gasteiger charge is -2.20. The van der Waals surface area contributed by atoms with E-state index in [1.165, 1.54) is 100 Å². The molecule has 17 nitrogen and oxygen atoms in total. The number of hydrogen-bond donors (Lipinski definition) is 1. The SMILES string of the molecule is CC(C)c1ccccc1N1C(=O)CS/C1=N\N=C\c1ccc(-c2ncn(-c3ccc(OC(F)(F)F)cc3)n2)cc1.Cc1cccc(C)c1N=C(N/N=C/c1ccc(-c2ncn(-c3ccc(OC(F)(F)F)cc3)n2)cc1)SCc1ocnc1-c1ccccc1. The van der Waals surface area contributed by atoms with Gasteiger partial charge in [-0.05, 0) is 102 Å². The van der Waals surface area contributed by atoms with Crippen LogP contribution >= 0.6 is 23.5 Å². The van der Waals surface area contributed by atoms with Gasteiger partial charge in [0.2, 0.25) is 5.91 Å². The largest absolute Gasteiger partial charge is 0.573 e. The minimum absolute atomic E-state index is 0.0334. The second-order valence-electron chi connectivity index (χ2n) is 19.5. The zero-order chi connectivity index (χ0) is 61.8. The number of carbonyl (C=O) groups excluding carboxylic acids is 1. The number of aryl methyl sites for hydroxylation is 2. The number of aliphatic imine (C=N–C) groups is 1. The summed E-state index contributed by atoms with van der Waals surface area (Å²) in [5.74, 6) is 2.00. The van der Waals surface area contributed by atoms with Gasteiger partial charge in [-0.3, -0.25) is 15.1 Å². The van der Waals surface area contributed by atoms with E-state index in [2.05, 4.69) is 69.2 Å². The lowest BCUT2D eigenvalue weighted by Crippen LogP contribution is -2.30. The van der Waals surface area contributed by atoms with Crippen molar-refractivity contribution in [1.29, 1.82) is 0 Å². The molecule has 7 aromatic carbocycles. The lowest BCUT2D eigenvalue weighted by molar-refractivity contribution is -0.275. The number of amides is 1. The molecule has 1 N–H and O–H groups in total. The van der Waals surface area contributed by atoms with E-state index in [0.29, 0.717) is 44.9 Å². The molecule has 1 saturated heterocycles. The summed E-state index contributed by atoms with van der Waals surface area (Å²) in [5, 5.41) is 23.0. The van der Waals surface area contributed by atoms with E-state index >= 15 is 0 Å². The fourth-order valence-electron chi connectivity index (χ4n) is 8.75. The molecule has 25 heteroatoms. The molecule has 0 atom stereocenters. The molecule has 4 heterocycles. The molecule has 1 fully saturated rings. The highest BCUT2D eigenvalue weighted by atomic mass is 32.2. The average Bonchev–Trinajstić information content (AvgIpc) is 4.16. The smallest absolute Gasteiger partial charge is 0.447 e. The molecule has 0 radical (unpaired) electrons. The molecule has 0 aliphatic carbocycles. The van der Waals surface area contributed by atoms with Crippen LogP contribution in [0.5, 0.6) is 11.5 Å². The number of oxazole rings is 1. The van der Waals surface area contributed by atoms with Crippen LogP contribution in [0, 0.1) is 13.8 Å². The first-order valence-corrected chi connectivity index (χ1v) is 28.8. The normalized spacial score (nSPS) is 13.4. The lowest BCUT2D eigenvalue weighted by atomic mass is 10.0. The van der Waals surface area contributed by atoms with Crippen molar-refractivity contribution >= 4 is 63.6 Å². The molecule has 0 bridgehead atoms. The van der Waals surface area contributed by atoms with E-state index in [0.717, 1.165) is 67.3 Å². The summed E-state index contributed by atoms with van der Waals surface area (Å²) in [7, 11) is 0. The molecule has 3 aromatic heterocycles. The van der Waals surface area contributed by atoms with Crippen molar-refractivity contribution in [3.63, 3.8) is 0 Å². The second-order valence-corrected chi connectivity index (χ2v) is 21.4. The molecule has 1 aliphatic rings. The van der Waals surface area contributed by atoms with E-state index in [4.69, 9.17) is 9.41 Å². The topological polar surface area (TPSA) is 188 Å². The van der Waals surface area contributed by atoms with Crippen molar-refractivity contribution in [3.05, 3.63) is 222 Å². The van der Waals surface area contributed by atoms with Crippen molar-refractivity contribution < 1.29 is 45.0 Å². The van der Waals surface area contributed by atoms with Crippen LogP contribution in [0.2, 0.25) is 0 Å². The van der Waals surface area contributed by atoms with Gasteiger partial charge in [-0.15, -0.1) is 41.6 Å². The van der Waals surface area contributed by atoms with Crippen molar-refractivity contribution in [2.45, 2.75) is 52.1 Å². The van der Waals surface area contributed by atoms with E-state index in [1.807, 2.05) is 135 Å². The van der Waals surface area contributed by atoms with E-state index in [9.17, 15) is 31.1 Å². The molecule has 1 aliphatic heterocycles. The van der Waals surface area contributed by atoms with Crippen LogP contribution in [0.4, 0.5) is 37.7 Å². The fourth-order valence-corrected chi connectivity index (χ4v) is 10.3. The molecule has 10 aromatic rings. The van der Waals surface area contributed by atoms with Crippen molar-refractivity contribution in [1.82, 2.24) is 39.9 Å². The van der Waals surface area contributed by atoms with Gasteiger partial charge in [0, 0.05) is 16.7 Å². The van der Waals surface area contributed by atoms with Gasteiger partial charge in [-0.25, -0.2) is 29.3 Å². The summed E-state index contributed by atoms with van der Waals surface area (Å²) in [6.45, 7) is 8.20. The number of nitrogens with zero attached hydrogens (tertiary/aromatic N) is 12. The van der Waals surface area contributed by atoms with E-state index in [1.54, 1.807) is 17.3 Å². The van der Waals surface area contributed by atoms with Crippen LogP contribution in [-0.2, 0) is 10.5 Å². The number of benzene rings is 7. The van der Waals surface area contributed by atoms with Gasteiger partial charge in [-0.2, -0.15) is 10.2 Å². The maximum absolute atomic E-state index is 12.6. The molecule has 0 saturated carbocycles. The number of aromatic nitrogens is 7. The van der Waals surface area contributed by atoms with Gasteiger partial charge in [0.05, 0.1) is 46.7 Å². The molecule has 1 amide bonds. The fraction of sp³-hybridized carbons (Fsp3) is 0.143. The quantitative estimate of drug-likeness (QED) is 0.0418. The Balaban J connectivity index is 0.000000198. The Morgan fingerprint density at radius 2 is 1.22 bits per heavy atom. The Hall–Kier alpha value is -10.1. The number of anilines is 1. The molecule has 446 valence electrons. The van der Waals surface area contributed by atoms with Crippen molar-refractivity contribution in [2.75, 3.05) is 10.7 Å². The number of rotatable bonds is 16. The number of hydrazone groups is 1. The van der Waals surface area contributed by atoms with Gasteiger partial charge in [-0.1, -0.05) is 153 Å². The number of carbonyl (C=O) groups is 1. The zero-order valence-corrected chi connectivity index (χ0v) is 48.8. The summed E-state index contributed by atoms with van der Waals surface area (Å²) in [5.41, 5.74) is 13.9. The number of halogens is 6. The third-order valence-electron chi connectivity index (χ3n) is 13.0. The number of hydrogen-bond acceptors (Lipinski definition) is 15. The number of amidine groups is 2. The third-order valence-corrected chi connectivity index (χ3v) is 14.7. The molecule has 0 spiro atoms. The summed E-state index contributed by atoms with van der Waals surface area (Å²) < 4.78 is 91.0. The van der Waals surface area contributed by atoms with E-state index in [-0.39, 0.29) is 23.3 Å². The van der Waals surface area contributed by atoms with Gasteiger partial charge in [0.15, 0.2) is 28.4 Å². The van der Waals surface area contributed by atoms with Crippen LogP contribution in [0.25, 0.3) is 45.4 Å². The Morgan fingerprint density at radius 1 is 0.670 bits per heavy atom. The Kier molecular flexibility index (Phi) is 19.0. The highest BCUT2D eigenvalue weighted by molar-refractivity contribution is 8.15. The van der Waals surface area contributed by atoms with Crippen LogP contribution in [-0.4, -0.2) is 81.7 Å². The first-order valence-electron chi connectivity index (χ1n) is 26.9. The summed E-state index contributed by atoms with van der Waals surface area (Å²) in [6.07, 6.45) is -1.80. The molecular weight excluding hydrogens is 1180 g/mol. The standard InChI is InChI=1S/C35H28F3N7O2S.C28H23F3N6O2S/c1-23-7-6-8-24(2)31(23)42-34(48-20-30-32(40-22-46-30)26-9-4-3-5-10-26)43-41-19-25-11-13-27(14-12-25)33-39-21-45(44-33)28-15-17-29(18-16-28)47-35(36,37)38;1-18(2)23-5-3-4-6-24(23)37-25(38)16-40-27(37)34-33-15-19-7-9-20(10-8-19)26-32-17-36(35-26)21-11-13-22(14-12-21)39-28(29,30)31/h3-19,21-22H,20H2,1-2H3,(H,42,43);3-15,17-18H,16H2,1-2H3/b41-19+;33-15+,34-27-. The van der Waals surface area contributed by atoms with Crippen molar-refractivity contribution in [3.8, 4) is 56.9 Å². The Morgan fingerprint density at radius 3 is 1.77 bits per heavy atom. The summed E-state index contributed by atoms with van der Waals surface area (Å²) >= 11 is 2.80. The van der Waals surface area contributed by atoms with Gasteiger partial charge in [0.25, 0.3) is 0 Å². The summed E-state index contributed by atoms with van der Waals surface area (Å²) in [4.78, 5) is 32.2. The van der Waals surface area contributed by atoms with Crippen LogP contribution in [0.15, 0.2) is 214 Å². The Labute approximate surface area is 508 Å². The van der Waals surface area contributed by atoms with Crippen LogP contribution < -0.4 is 19.8 Å². The number of alkyl halides is 6. The predicted molar refractivity (Wildman–Crippen MR) is 329 cm³/mol. The zero-order valence-electron chi connectivity index (χ0n) is 47.1. The highest BCUT2D eigenvalue weighted by Crippen LogP contribution is 2.34. The monoisotopic (exact) mass is 1230 g/mol. The summed E-state index contributed by atoms with van der Waals surface area (Å²) in [6, 6.07) is 49.2. The van der Waals surface area contributed by atoms with Gasteiger partial charge in [0.1, 0.15) is 35.6 Å². The van der Waals surface area contributed by atoms with Crippen molar-refractivity contribution in [2.24, 2.45) is 20.3 Å². The molecule has 0 unspecified atom stereocenters. The van der Waals surface area contributed by atoms with Gasteiger partial charge >= 0.3 is 12.7 Å². The number of nitrogens with one attached hydrogen (secondary N) is 1. The number of thioether (sulfide) groups is 2. The maximum Gasteiger partial charge on any atom is 0.573 e. The number of para-hydroxylation sites is 2. The Bertz CT molecular complexity index is 4110. The van der Waals surface area contributed by atoms with Gasteiger partial charge < -0.3 is 13.9 Å². The minimum atomic E-state index is -4.75. The third kappa shape index (κ3) is 16.0. The highest BCUT2D eigenvalue weighted by Gasteiger charge is 2.33. The first-order chi connectivity index (χ1) is 42.4. The average molecular weight is 1230 g/mol. The van der Waals surface area contributed by atoms with Crippen LogP contribution in [0.3, 0.4) is 0 Å². The molecular formula is C63H51F6N13O4S2. The minimum Gasteiger partial charge on any atom is -0.447 e. The first kappa shape index (κ1) is 61.0. The maximum atomic E-state index is 12.6. The van der Waals surface area contributed by atoms with E-state index < -0.39 is 12.7 Å². The van der Waals surface area contributed by atoms with Crippen LogP contribution in [0.1, 0.15) is 53.3 Å². The number of ether oxygens (including phenoxy) is 2. The molecule has 11 rings (SSSR count). The molecule has 88 heavy (non-hydrogen) atoms. The predicted octanol–water partition coefficient (Wildman–Crippen LogP) is 15.1. The second kappa shape index (κ2) is 27.5.